The van der Waals surface area contributed by atoms with Gasteiger partial charge in [-0.2, -0.15) is 0 Å². The SMILES string of the molecule is COc1cc(Br)c(/C=C/c2nc3ccccc3[nH]c2=O)cc1O. The maximum Gasteiger partial charge on any atom is 0.274 e. The van der Waals surface area contributed by atoms with Gasteiger partial charge in [0.05, 0.1) is 18.1 Å². The molecule has 5 nitrogen and oxygen atoms in total. The zero-order chi connectivity index (χ0) is 16.4. The van der Waals surface area contributed by atoms with Crippen LogP contribution in [0.5, 0.6) is 11.5 Å². The van der Waals surface area contributed by atoms with Crippen LogP contribution in [0, 0.1) is 0 Å². The van der Waals surface area contributed by atoms with Crippen LogP contribution in [0.1, 0.15) is 11.3 Å². The molecule has 1 aromatic heterocycles. The van der Waals surface area contributed by atoms with Gasteiger partial charge in [0.25, 0.3) is 5.56 Å². The summed E-state index contributed by atoms with van der Waals surface area (Å²) in [6.07, 6.45) is 3.31. The Kier molecular flexibility index (Phi) is 4.16. The average Bonchev–Trinajstić information content (AvgIpc) is 2.55. The lowest BCUT2D eigenvalue weighted by Gasteiger charge is -2.06. The molecule has 0 bridgehead atoms. The first kappa shape index (κ1) is 15.3. The van der Waals surface area contributed by atoms with E-state index in [0.717, 1.165) is 4.47 Å². The summed E-state index contributed by atoms with van der Waals surface area (Å²) in [5.41, 5.74) is 2.14. The highest BCUT2D eigenvalue weighted by molar-refractivity contribution is 9.10. The van der Waals surface area contributed by atoms with E-state index in [1.54, 1.807) is 30.4 Å². The van der Waals surface area contributed by atoms with Crippen molar-refractivity contribution in [2.75, 3.05) is 7.11 Å². The van der Waals surface area contributed by atoms with Crippen molar-refractivity contribution in [1.29, 1.82) is 0 Å². The Morgan fingerprint density at radius 2 is 2.04 bits per heavy atom. The second kappa shape index (κ2) is 6.26. The minimum absolute atomic E-state index is 0.0238. The molecule has 116 valence electrons. The molecule has 0 saturated heterocycles. The first-order valence-electron chi connectivity index (χ1n) is 6.82. The number of aromatic nitrogens is 2. The van der Waals surface area contributed by atoms with Crippen LogP contribution in [-0.2, 0) is 0 Å². The lowest BCUT2D eigenvalue weighted by molar-refractivity contribution is 0.373. The highest BCUT2D eigenvalue weighted by Crippen LogP contribution is 2.33. The summed E-state index contributed by atoms with van der Waals surface area (Å²) in [6.45, 7) is 0. The molecule has 2 aromatic carbocycles. The van der Waals surface area contributed by atoms with Crippen LogP contribution in [0.4, 0.5) is 0 Å². The average molecular weight is 373 g/mol. The van der Waals surface area contributed by atoms with Gasteiger partial charge in [0.1, 0.15) is 5.69 Å². The number of aromatic hydroxyl groups is 1. The van der Waals surface area contributed by atoms with E-state index in [0.29, 0.717) is 28.0 Å². The standard InChI is InChI=1S/C17H13BrN2O3/c1-23-16-9-11(18)10(8-15(16)21)6-7-14-17(22)20-13-5-3-2-4-12(13)19-14/h2-9,21H,1H3,(H,20,22)/b7-6+. The summed E-state index contributed by atoms with van der Waals surface area (Å²) >= 11 is 3.41. The number of phenolic OH excluding ortho intramolecular Hbond substituents is 1. The van der Waals surface area contributed by atoms with E-state index in [9.17, 15) is 9.90 Å². The third-order valence-electron chi connectivity index (χ3n) is 3.34. The zero-order valence-corrected chi connectivity index (χ0v) is 13.8. The molecular weight excluding hydrogens is 360 g/mol. The van der Waals surface area contributed by atoms with Crippen molar-refractivity contribution in [2.24, 2.45) is 0 Å². The van der Waals surface area contributed by atoms with Crippen LogP contribution in [-0.4, -0.2) is 22.2 Å². The van der Waals surface area contributed by atoms with Gasteiger partial charge in [-0.1, -0.05) is 34.1 Å². The lowest BCUT2D eigenvalue weighted by atomic mass is 10.1. The third kappa shape index (κ3) is 3.12. The van der Waals surface area contributed by atoms with Gasteiger partial charge in [-0.15, -0.1) is 0 Å². The number of hydrogen-bond donors (Lipinski definition) is 2. The number of nitrogens with zero attached hydrogens (tertiary/aromatic N) is 1. The number of hydrogen-bond acceptors (Lipinski definition) is 4. The van der Waals surface area contributed by atoms with Gasteiger partial charge < -0.3 is 14.8 Å². The van der Waals surface area contributed by atoms with E-state index < -0.39 is 0 Å². The molecule has 0 aliphatic heterocycles. The lowest BCUT2D eigenvalue weighted by Crippen LogP contribution is -2.11. The van der Waals surface area contributed by atoms with Gasteiger partial charge >= 0.3 is 0 Å². The van der Waals surface area contributed by atoms with Crippen molar-refractivity contribution in [3.8, 4) is 11.5 Å². The van der Waals surface area contributed by atoms with Crippen molar-refractivity contribution in [1.82, 2.24) is 9.97 Å². The number of methoxy groups -OCH3 is 1. The highest BCUT2D eigenvalue weighted by Gasteiger charge is 2.07. The number of H-pyrrole nitrogens is 1. The first-order chi connectivity index (χ1) is 11.1. The second-order valence-corrected chi connectivity index (χ2v) is 5.70. The minimum atomic E-state index is -0.270. The number of para-hydroxylation sites is 2. The summed E-state index contributed by atoms with van der Waals surface area (Å²) < 4.78 is 5.78. The molecule has 1 heterocycles. The maximum absolute atomic E-state index is 12.1. The molecular formula is C17H13BrN2O3. The van der Waals surface area contributed by atoms with Gasteiger partial charge in [0.2, 0.25) is 0 Å². The Bertz CT molecular complexity index is 964. The van der Waals surface area contributed by atoms with E-state index in [-0.39, 0.29) is 11.3 Å². The van der Waals surface area contributed by atoms with Crippen LogP contribution < -0.4 is 10.3 Å². The maximum atomic E-state index is 12.1. The monoisotopic (exact) mass is 372 g/mol. The predicted octanol–water partition coefficient (Wildman–Crippen LogP) is 3.57. The number of ether oxygens (including phenoxy) is 1. The van der Waals surface area contributed by atoms with Gasteiger partial charge in [-0.3, -0.25) is 4.79 Å². The van der Waals surface area contributed by atoms with Crippen molar-refractivity contribution in [2.45, 2.75) is 0 Å². The Morgan fingerprint density at radius 3 is 2.83 bits per heavy atom. The highest BCUT2D eigenvalue weighted by atomic mass is 79.9. The fourth-order valence-corrected chi connectivity index (χ4v) is 2.63. The van der Waals surface area contributed by atoms with Crippen molar-refractivity contribution in [3.05, 3.63) is 62.5 Å². The quantitative estimate of drug-likeness (QED) is 0.736. The first-order valence-corrected chi connectivity index (χ1v) is 7.61. The molecule has 0 unspecified atom stereocenters. The number of rotatable bonds is 3. The van der Waals surface area contributed by atoms with E-state index in [1.807, 2.05) is 18.2 Å². The molecule has 0 aliphatic rings. The van der Waals surface area contributed by atoms with E-state index in [1.165, 1.54) is 7.11 Å². The third-order valence-corrected chi connectivity index (χ3v) is 4.03. The summed E-state index contributed by atoms with van der Waals surface area (Å²) in [4.78, 5) is 19.2. The summed E-state index contributed by atoms with van der Waals surface area (Å²) in [5, 5.41) is 9.85. The topological polar surface area (TPSA) is 75.2 Å². The van der Waals surface area contributed by atoms with Crippen LogP contribution in [0.15, 0.2) is 45.7 Å². The zero-order valence-electron chi connectivity index (χ0n) is 12.2. The van der Waals surface area contributed by atoms with Gasteiger partial charge in [-0.05, 0) is 35.9 Å². The molecule has 0 amide bonds. The van der Waals surface area contributed by atoms with E-state index in [4.69, 9.17) is 4.74 Å². The normalized spacial score (nSPS) is 11.2. The number of benzene rings is 2. The Labute approximate surface area is 140 Å². The molecule has 0 spiro atoms. The molecule has 0 radical (unpaired) electrons. The van der Waals surface area contributed by atoms with E-state index >= 15 is 0 Å². The fourth-order valence-electron chi connectivity index (χ4n) is 2.18. The smallest absolute Gasteiger partial charge is 0.274 e. The molecule has 3 rings (SSSR count). The molecule has 6 heteroatoms. The Morgan fingerprint density at radius 1 is 1.26 bits per heavy atom. The van der Waals surface area contributed by atoms with Gasteiger partial charge in [0, 0.05) is 4.47 Å². The number of aromatic amines is 1. The van der Waals surface area contributed by atoms with Crippen LogP contribution in [0.3, 0.4) is 0 Å². The van der Waals surface area contributed by atoms with Crippen LogP contribution >= 0.6 is 15.9 Å². The summed E-state index contributed by atoms with van der Waals surface area (Å²) in [5.74, 6) is 0.395. The van der Waals surface area contributed by atoms with Crippen molar-refractivity contribution < 1.29 is 9.84 Å². The van der Waals surface area contributed by atoms with Crippen LogP contribution in [0.25, 0.3) is 23.2 Å². The molecule has 2 N–H and O–H groups in total. The van der Waals surface area contributed by atoms with Crippen LogP contribution in [0.2, 0.25) is 0 Å². The molecule has 23 heavy (non-hydrogen) atoms. The summed E-state index contributed by atoms with van der Waals surface area (Å²) in [6, 6.07) is 10.5. The molecule has 0 atom stereocenters. The summed E-state index contributed by atoms with van der Waals surface area (Å²) in [7, 11) is 1.48. The van der Waals surface area contributed by atoms with E-state index in [2.05, 4.69) is 25.9 Å². The largest absolute Gasteiger partial charge is 0.504 e. The predicted molar refractivity (Wildman–Crippen MR) is 93.7 cm³/mol. The Hall–Kier alpha value is -2.60. The second-order valence-electron chi connectivity index (χ2n) is 4.85. The number of fused-ring (bicyclic) bond motifs is 1. The Balaban J connectivity index is 2.02. The fraction of sp³-hybridized carbons (Fsp3) is 0.0588. The van der Waals surface area contributed by atoms with Gasteiger partial charge in [0.15, 0.2) is 11.5 Å². The van der Waals surface area contributed by atoms with Gasteiger partial charge in [-0.25, -0.2) is 4.98 Å². The molecule has 0 fully saturated rings. The number of phenols is 1. The molecule has 0 saturated carbocycles. The van der Waals surface area contributed by atoms with Crippen molar-refractivity contribution >= 4 is 39.1 Å². The molecule has 3 aromatic rings. The molecule has 0 aliphatic carbocycles. The number of halogens is 1. The minimum Gasteiger partial charge on any atom is -0.504 e. The van der Waals surface area contributed by atoms with Crippen molar-refractivity contribution in [3.63, 3.8) is 0 Å². The number of nitrogens with one attached hydrogen (secondary N) is 1.